The molecule has 1 aromatic carbocycles. The Bertz CT molecular complexity index is 425. The van der Waals surface area contributed by atoms with Gasteiger partial charge in [0.15, 0.2) is 0 Å². The van der Waals surface area contributed by atoms with Crippen molar-refractivity contribution in [2.75, 3.05) is 26.2 Å². The van der Waals surface area contributed by atoms with Crippen molar-refractivity contribution in [2.24, 2.45) is 0 Å². The fourth-order valence-electron chi connectivity index (χ4n) is 2.41. The monoisotopic (exact) mass is 352 g/mol. The van der Waals surface area contributed by atoms with Gasteiger partial charge in [0.2, 0.25) is 6.43 Å². The van der Waals surface area contributed by atoms with Gasteiger partial charge in [-0.05, 0) is 17.7 Å². The minimum atomic E-state index is -2.32. The largest absolute Gasteiger partial charge is 0.314 e. The van der Waals surface area contributed by atoms with Gasteiger partial charge < -0.3 is 5.32 Å². The fourth-order valence-corrected chi connectivity index (χ4v) is 3.35. The molecule has 1 saturated heterocycles. The maximum Gasteiger partial charge on any atom is 0.240 e. The van der Waals surface area contributed by atoms with Crippen LogP contribution in [-0.2, 0) is 0 Å². The zero-order valence-corrected chi connectivity index (χ0v) is 12.7. The summed E-state index contributed by atoms with van der Waals surface area (Å²) in [6.07, 6.45) is -2.47. The Balaban J connectivity index is 2.25. The Morgan fingerprint density at radius 3 is 2.58 bits per heavy atom. The molecule has 1 aliphatic heterocycles. The first kappa shape index (κ1) is 15.2. The maximum atomic E-state index is 12.9. The average Bonchev–Trinajstić information content (AvgIpc) is 2.37. The smallest absolute Gasteiger partial charge is 0.240 e. The number of hydrogen-bond acceptors (Lipinski definition) is 2. The van der Waals surface area contributed by atoms with E-state index in [9.17, 15) is 8.78 Å². The van der Waals surface area contributed by atoms with E-state index in [1.807, 2.05) is 6.07 Å². The molecule has 0 spiro atoms. The molecule has 19 heavy (non-hydrogen) atoms. The van der Waals surface area contributed by atoms with Crippen LogP contribution in [-0.4, -0.2) is 37.5 Å². The minimum absolute atomic E-state index is 0.153. The zero-order valence-electron chi connectivity index (χ0n) is 10.4. The molecule has 106 valence electrons. The Labute approximate surface area is 125 Å². The number of alkyl halides is 2. The van der Waals surface area contributed by atoms with E-state index in [4.69, 9.17) is 11.6 Å². The van der Waals surface area contributed by atoms with Crippen LogP contribution in [0.4, 0.5) is 8.78 Å². The van der Waals surface area contributed by atoms with Gasteiger partial charge in [-0.1, -0.05) is 33.6 Å². The number of nitrogens with one attached hydrogen (secondary N) is 1. The summed E-state index contributed by atoms with van der Waals surface area (Å²) in [5.74, 6) is 0. The number of rotatable bonds is 4. The molecule has 2 nitrogen and oxygen atoms in total. The van der Waals surface area contributed by atoms with Crippen LogP contribution in [0.1, 0.15) is 18.0 Å². The van der Waals surface area contributed by atoms with Crippen LogP contribution in [0.25, 0.3) is 0 Å². The highest BCUT2D eigenvalue weighted by atomic mass is 79.9. The van der Waals surface area contributed by atoms with Gasteiger partial charge >= 0.3 is 0 Å². The lowest BCUT2D eigenvalue weighted by Crippen LogP contribution is -2.45. The van der Waals surface area contributed by atoms with E-state index in [1.54, 1.807) is 12.1 Å². The van der Waals surface area contributed by atoms with Gasteiger partial charge in [-0.25, -0.2) is 8.78 Å². The predicted molar refractivity (Wildman–Crippen MR) is 77.0 cm³/mol. The van der Waals surface area contributed by atoms with Gasteiger partial charge in [-0.15, -0.1) is 0 Å². The van der Waals surface area contributed by atoms with Crippen LogP contribution < -0.4 is 5.32 Å². The van der Waals surface area contributed by atoms with E-state index in [1.165, 1.54) is 0 Å². The summed E-state index contributed by atoms with van der Waals surface area (Å²) in [7, 11) is 0. The Kier molecular flexibility index (Phi) is 5.57. The molecule has 6 heteroatoms. The first-order valence-electron chi connectivity index (χ1n) is 6.26. The fraction of sp³-hybridized carbons (Fsp3) is 0.538. The molecule has 0 amide bonds. The van der Waals surface area contributed by atoms with E-state index in [2.05, 4.69) is 26.1 Å². The minimum Gasteiger partial charge on any atom is -0.314 e. The maximum absolute atomic E-state index is 12.9. The molecule has 0 radical (unpaired) electrons. The lowest BCUT2D eigenvalue weighted by Gasteiger charge is -2.35. The van der Waals surface area contributed by atoms with Crippen molar-refractivity contribution in [2.45, 2.75) is 18.9 Å². The summed E-state index contributed by atoms with van der Waals surface area (Å²) in [5, 5.41) is 3.84. The molecule has 0 aliphatic carbocycles. The van der Waals surface area contributed by atoms with Gasteiger partial charge in [0, 0.05) is 48.1 Å². The van der Waals surface area contributed by atoms with E-state index < -0.39 is 6.43 Å². The zero-order chi connectivity index (χ0) is 13.8. The number of benzene rings is 1. The third-order valence-corrected chi connectivity index (χ3v) is 4.24. The van der Waals surface area contributed by atoms with Crippen LogP contribution >= 0.6 is 27.5 Å². The molecule has 1 heterocycles. The average molecular weight is 354 g/mol. The molecule has 1 atom stereocenters. The van der Waals surface area contributed by atoms with Gasteiger partial charge in [0.1, 0.15) is 0 Å². The third-order valence-electron chi connectivity index (χ3n) is 3.32. The lowest BCUT2D eigenvalue weighted by molar-refractivity contribution is 0.0736. The van der Waals surface area contributed by atoms with E-state index in [0.29, 0.717) is 5.02 Å². The second kappa shape index (κ2) is 6.97. The number of nitrogens with zero attached hydrogens (tertiary/aromatic N) is 1. The summed E-state index contributed by atoms with van der Waals surface area (Å²) in [6.45, 7) is 3.24. The van der Waals surface area contributed by atoms with Gasteiger partial charge in [0.25, 0.3) is 0 Å². The second-order valence-electron chi connectivity index (χ2n) is 4.59. The normalized spacial score (nSPS) is 18.8. The van der Waals surface area contributed by atoms with E-state index in [-0.39, 0.29) is 12.5 Å². The van der Waals surface area contributed by atoms with E-state index >= 15 is 0 Å². The summed E-state index contributed by atoms with van der Waals surface area (Å²) < 4.78 is 26.5. The number of piperazine rings is 1. The van der Waals surface area contributed by atoms with Gasteiger partial charge in [-0.2, -0.15) is 0 Å². The summed E-state index contributed by atoms with van der Waals surface area (Å²) in [5.41, 5.74) is 0.881. The Morgan fingerprint density at radius 1 is 1.32 bits per heavy atom. The topological polar surface area (TPSA) is 15.3 Å². The van der Waals surface area contributed by atoms with Crippen molar-refractivity contribution in [3.63, 3.8) is 0 Å². The molecule has 0 saturated carbocycles. The SMILES string of the molecule is FC(F)C[C@H](c1ccc(Cl)cc1Br)N1CCNCC1. The predicted octanol–water partition coefficient (Wildman–Crippen LogP) is 3.70. The van der Waals surface area contributed by atoms with Crippen molar-refractivity contribution in [3.8, 4) is 0 Å². The second-order valence-corrected chi connectivity index (χ2v) is 5.89. The van der Waals surface area contributed by atoms with Crippen molar-refractivity contribution >= 4 is 27.5 Å². The molecule has 0 aromatic heterocycles. The van der Waals surface area contributed by atoms with Crippen molar-refractivity contribution in [1.82, 2.24) is 10.2 Å². The van der Waals surface area contributed by atoms with Crippen LogP contribution in [0.5, 0.6) is 0 Å². The summed E-state index contributed by atoms with van der Waals surface area (Å²) >= 11 is 9.34. The molecular formula is C13H16BrClF2N2. The highest BCUT2D eigenvalue weighted by Gasteiger charge is 2.26. The molecule has 1 aromatic rings. The highest BCUT2D eigenvalue weighted by Crippen LogP contribution is 2.34. The van der Waals surface area contributed by atoms with Gasteiger partial charge in [0.05, 0.1) is 0 Å². The Morgan fingerprint density at radius 2 is 2.00 bits per heavy atom. The molecule has 1 aliphatic rings. The summed E-state index contributed by atoms with van der Waals surface area (Å²) in [4.78, 5) is 2.11. The first-order chi connectivity index (χ1) is 9.08. The molecule has 1 N–H and O–H groups in total. The van der Waals surface area contributed by atoms with E-state index in [0.717, 1.165) is 36.2 Å². The highest BCUT2D eigenvalue weighted by molar-refractivity contribution is 9.10. The molecule has 0 bridgehead atoms. The number of hydrogen-bond donors (Lipinski definition) is 1. The van der Waals surface area contributed by atoms with Crippen LogP contribution in [0.2, 0.25) is 5.02 Å². The van der Waals surface area contributed by atoms with Crippen LogP contribution in [0.15, 0.2) is 22.7 Å². The van der Waals surface area contributed by atoms with Crippen molar-refractivity contribution in [3.05, 3.63) is 33.3 Å². The summed E-state index contributed by atoms with van der Waals surface area (Å²) in [6, 6.07) is 5.08. The molecule has 2 rings (SSSR count). The van der Waals surface area contributed by atoms with Crippen LogP contribution in [0.3, 0.4) is 0 Å². The van der Waals surface area contributed by atoms with Crippen LogP contribution in [0, 0.1) is 0 Å². The van der Waals surface area contributed by atoms with Gasteiger partial charge in [-0.3, -0.25) is 4.90 Å². The van der Waals surface area contributed by atoms with Crippen molar-refractivity contribution in [1.29, 1.82) is 0 Å². The van der Waals surface area contributed by atoms with Crippen molar-refractivity contribution < 1.29 is 8.78 Å². The lowest BCUT2D eigenvalue weighted by atomic mass is 10.0. The standard InChI is InChI=1S/C13H16BrClF2N2/c14-11-7-9(15)1-2-10(11)12(8-13(16)17)19-5-3-18-4-6-19/h1-2,7,12-13,18H,3-6,8H2/t12-/m1/s1. The molecule has 1 fully saturated rings. The third kappa shape index (κ3) is 4.12. The molecule has 0 unspecified atom stereocenters. The Hall–Kier alpha value is -0.230. The molecular weight excluding hydrogens is 338 g/mol. The quantitative estimate of drug-likeness (QED) is 0.888. The first-order valence-corrected chi connectivity index (χ1v) is 7.43. The number of halogens is 4.